The van der Waals surface area contributed by atoms with Gasteiger partial charge in [-0.05, 0) is 0 Å². The summed E-state index contributed by atoms with van der Waals surface area (Å²) in [7, 11) is -4.61. The van der Waals surface area contributed by atoms with Crippen LogP contribution < -0.4 is 0 Å². The second-order valence-electron chi connectivity index (χ2n) is 0.600. The standard InChI is InChI=1S/Ca.Cu.Mg.H4O4Si.4H/c;;;1-5(2,3)4;;;;/h;;;1-4H;;;;/q+2;;+2;;4*-1. The van der Waals surface area contributed by atoms with Crippen LogP contribution in [0.3, 0.4) is 0 Å². The maximum Gasteiger partial charge on any atom is 2.00 e. The molecule has 0 aliphatic rings. The third-order valence-electron chi connectivity index (χ3n) is 0. The molecule has 0 atom stereocenters. The van der Waals surface area contributed by atoms with Crippen LogP contribution in [0.1, 0.15) is 5.71 Å². The molecule has 0 spiro atoms. The zero-order chi connectivity index (χ0) is 4.50. The van der Waals surface area contributed by atoms with Gasteiger partial charge in [-0.1, -0.05) is 0 Å². The van der Waals surface area contributed by atoms with Gasteiger partial charge in [-0.3, -0.25) is 0 Å². The maximum atomic E-state index is 7.33. The minimum atomic E-state index is -4.61. The van der Waals surface area contributed by atoms with E-state index in [1.165, 1.54) is 0 Å². The maximum absolute atomic E-state index is 7.33. The number of hydrogen-bond acceptors (Lipinski definition) is 4. The molecule has 0 rings (SSSR count). The first-order valence-electron chi connectivity index (χ1n) is 0.894. The summed E-state index contributed by atoms with van der Waals surface area (Å²) in [5.41, 5.74) is 0. The molecule has 8 heavy (non-hydrogen) atoms. The van der Waals surface area contributed by atoms with E-state index in [9.17, 15) is 0 Å². The van der Waals surface area contributed by atoms with Gasteiger partial charge in [-0.15, -0.1) is 0 Å². The third-order valence-corrected chi connectivity index (χ3v) is 0. The third kappa shape index (κ3) is 73.4. The molecule has 1 radical (unpaired) electrons. The average molecular weight is 228 g/mol. The molecule has 4 nitrogen and oxygen atoms in total. The van der Waals surface area contributed by atoms with E-state index in [2.05, 4.69) is 0 Å². The molecule has 0 saturated heterocycles. The second kappa shape index (κ2) is 9.60. The van der Waals surface area contributed by atoms with Gasteiger partial charge in [0.15, 0.2) is 0 Å². The Morgan fingerprint density at radius 2 is 1.00 bits per heavy atom. The van der Waals surface area contributed by atoms with Crippen molar-refractivity contribution in [3.63, 3.8) is 0 Å². The fourth-order valence-corrected chi connectivity index (χ4v) is 0. The summed E-state index contributed by atoms with van der Waals surface area (Å²) in [5, 5.41) is 0. The van der Waals surface area contributed by atoms with Crippen molar-refractivity contribution in [1.82, 2.24) is 0 Å². The zero-order valence-corrected chi connectivity index (χ0v) is 9.57. The van der Waals surface area contributed by atoms with Crippen LogP contribution in [0, 0.1) is 0 Å². The van der Waals surface area contributed by atoms with Crippen molar-refractivity contribution in [3.05, 3.63) is 0 Å². The summed E-state index contributed by atoms with van der Waals surface area (Å²) in [6.07, 6.45) is 0. The first-order valence-corrected chi connectivity index (χ1v) is 2.68. The van der Waals surface area contributed by atoms with E-state index < -0.39 is 9.05 Å². The molecule has 0 saturated carbocycles. The van der Waals surface area contributed by atoms with Crippen molar-refractivity contribution < 1.29 is 42.0 Å². The summed E-state index contributed by atoms with van der Waals surface area (Å²) in [4.78, 5) is 29.3. The van der Waals surface area contributed by atoms with Crippen LogP contribution in [-0.4, -0.2) is 89.0 Å². The Kier molecular flexibility index (Phi) is 26.9. The van der Waals surface area contributed by atoms with Gasteiger partial charge < -0.3 is 24.9 Å². The van der Waals surface area contributed by atoms with Crippen LogP contribution >= 0.6 is 0 Å². The Morgan fingerprint density at radius 1 is 1.00 bits per heavy atom. The molecule has 8 heteroatoms. The van der Waals surface area contributed by atoms with Crippen LogP contribution in [0.15, 0.2) is 0 Å². The smallest absolute Gasteiger partial charge is 1.00 e. The van der Waals surface area contributed by atoms with E-state index in [1.807, 2.05) is 0 Å². The fourth-order valence-electron chi connectivity index (χ4n) is 0. The first kappa shape index (κ1) is 22.4. The van der Waals surface area contributed by atoms with Gasteiger partial charge in [0.1, 0.15) is 0 Å². The summed E-state index contributed by atoms with van der Waals surface area (Å²) in [6, 6.07) is 0. The molecule has 0 aromatic heterocycles. The van der Waals surface area contributed by atoms with Gasteiger partial charge in [-0.2, -0.15) is 0 Å². The number of hydrogen-bond donors (Lipinski definition) is 4. The summed E-state index contributed by atoms with van der Waals surface area (Å²) in [6.45, 7) is 0. The molecule has 0 amide bonds. The van der Waals surface area contributed by atoms with Crippen molar-refractivity contribution in [2.75, 3.05) is 0 Å². The Bertz CT molecular complexity index is 42.5. The topological polar surface area (TPSA) is 80.9 Å². The summed E-state index contributed by atoms with van der Waals surface area (Å²) < 4.78 is 0. The predicted octanol–water partition coefficient (Wildman–Crippen LogP) is -2.92. The van der Waals surface area contributed by atoms with Gasteiger partial charge in [0.05, 0.1) is 0 Å². The number of rotatable bonds is 0. The van der Waals surface area contributed by atoms with Crippen molar-refractivity contribution in [1.29, 1.82) is 0 Å². The van der Waals surface area contributed by atoms with E-state index >= 15 is 0 Å². The molecule has 0 bridgehead atoms. The Balaban J connectivity index is -0.00000000381. The van der Waals surface area contributed by atoms with E-state index in [-0.39, 0.29) is 83.6 Å². The molecular weight excluding hydrogens is 220 g/mol. The van der Waals surface area contributed by atoms with Gasteiger partial charge in [0.25, 0.3) is 0 Å². The monoisotopic (exact) mass is 227 g/mol. The van der Waals surface area contributed by atoms with Crippen LogP contribution in [0.25, 0.3) is 0 Å². The minimum Gasteiger partial charge on any atom is -1.00 e. The molecule has 0 aliphatic heterocycles. The molecule has 0 aromatic carbocycles. The Morgan fingerprint density at radius 3 is 1.00 bits per heavy atom. The quantitative estimate of drug-likeness (QED) is 0.335. The molecule has 0 aromatic rings. The molecule has 0 fully saturated rings. The molecule has 0 heterocycles. The molecule has 0 unspecified atom stereocenters. The molecular formula is H8CaCuMgO4Si. The minimum absolute atomic E-state index is 0. The SMILES string of the molecule is O[Si](O)(O)O.[Ca+2].[Cu].[H-].[H-].[H-].[H-].[Mg+2]. The van der Waals surface area contributed by atoms with Gasteiger partial charge in [0, 0.05) is 17.1 Å². The predicted molar refractivity (Wildman–Crippen MR) is 30.6 cm³/mol. The van der Waals surface area contributed by atoms with Crippen LogP contribution in [0.2, 0.25) is 0 Å². The molecule has 0 aliphatic carbocycles. The van der Waals surface area contributed by atoms with Crippen molar-refractivity contribution >= 4 is 69.8 Å². The van der Waals surface area contributed by atoms with Crippen LogP contribution in [-0.2, 0) is 17.1 Å². The molecule has 51 valence electrons. The summed E-state index contributed by atoms with van der Waals surface area (Å²) >= 11 is 0. The van der Waals surface area contributed by atoms with Crippen LogP contribution in [0.5, 0.6) is 0 Å². The van der Waals surface area contributed by atoms with Crippen molar-refractivity contribution in [2.24, 2.45) is 0 Å². The van der Waals surface area contributed by atoms with Crippen molar-refractivity contribution in [3.8, 4) is 0 Å². The van der Waals surface area contributed by atoms with E-state index in [1.54, 1.807) is 0 Å². The van der Waals surface area contributed by atoms with Gasteiger partial charge in [-0.25, -0.2) is 0 Å². The van der Waals surface area contributed by atoms with Gasteiger partial charge >= 0.3 is 69.8 Å². The van der Waals surface area contributed by atoms with E-state index in [4.69, 9.17) is 19.2 Å². The largest absolute Gasteiger partial charge is 2.00 e. The first-order chi connectivity index (χ1) is 2.00. The second-order valence-corrected chi connectivity index (χ2v) is 1.80. The Labute approximate surface area is 110 Å². The zero-order valence-electron chi connectivity index (χ0n) is 8.00. The molecule has 4 N–H and O–H groups in total. The average Bonchev–Trinajstić information content (AvgIpc) is 0.722. The normalized spacial score (nSPS) is 7.50. The van der Waals surface area contributed by atoms with E-state index in [0.29, 0.717) is 0 Å². The summed E-state index contributed by atoms with van der Waals surface area (Å²) in [5.74, 6) is 0. The van der Waals surface area contributed by atoms with Crippen LogP contribution in [0.4, 0.5) is 0 Å². The van der Waals surface area contributed by atoms with E-state index in [0.717, 1.165) is 0 Å². The van der Waals surface area contributed by atoms with Gasteiger partial charge in [0.2, 0.25) is 0 Å². The Hall–Kier alpha value is 2.60. The fraction of sp³-hybridized carbons (Fsp3) is 0. The van der Waals surface area contributed by atoms with Crippen molar-refractivity contribution in [2.45, 2.75) is 0 Å².